The summed E-state index contributed by atoms with van der Waals surface area (Å²) < 4.78 is 0. The lowest BCUT2D eigenvalue weighted by Gasteiger charge is -2.24. The monoisotopic (exact) mass is 417 g/mol. The Bertz CT molecular complexity index is 1060. The third-order valence-electron chi connectivity index (χ3n) is 4.10. The van der Waals surface area contributed by atoms with Crippen molar-refractivity contribution in [2.45, 2.75) is 13.0 Å². The number of rotatable bonds is 4. The second kappa shape index (κ2) is 6.88. The second-order valence-electron chi connectivity index (χ2n) is 5.80. The summed E-state index contributed by atoms with van der Waals surface area (Å²) in [5.41, 5.74) is 0.669. The minimum atomic E-state index is -0.809. The zero-order valence-corrected chi connectivity index (χ0v) is 16.3. The molecule has 0 saturated carbocycles. The number of hydrogen-bond donors (Lipinski definition) is 1. The molecule has 1 amide bonds. The predicted molar refractivity (Wildman–Crippen MR) is 105 cm³/mol. The van der Waals surface area contributed by atoms with Gasteiger partial charge in [0.05, 0.1) is 16.5 Å². The van der Waals surface area contributed by atoms with E-state index in [9.17, 15) is 14.7 Å². The average Bonchev–Trinajstić information content (AvgIpc) is 3.37. The highest BCUT2D eigenvalue weighted by Gasteiger charge is 2.46. The van der Waals surface area contributed by atoms with Crippen LogP contribution in [0.5, 0.6) is 0 Å². The number of aliphatic hydroxyl groups is 1. The van der Waals surface area contributed by atoms with Gasteiger partial charge in [0.25, 0.3) is 5.91 Å². The molecule has 0 fully saturated rings. The van der Waals surface area contributed by atoms with Gasteiger partial charge in [-0.05, 0) is 36.1 Å². The van der Waals surface area contributed by atoms with Crippen molar-refractivity contribution in [2.75, 3.05) is 4.90 Å². The van der Waals surface area contributed by atoms with Crippen LogP contribution in [-0.2, 0) is 4.79 Å². The first-order valence-electron chi connectivity index (χ1n) is 7.88. The van der Waals surface area contributed by atoms with E-state index in [1.54, 1.807) is 48.7 Å². The van der Waals surface area contributed by atoms with Crippen LogP contribution in [0, 0.1) is 6.92 Å². The molecule has 0 aliphatic carbocycles. The maximum absolute atomic E-state index is 13.1. The lowest BCUT2D eigenvalue weighted by molar-refractivity contribution is -0.117. The molecule has 9 heteroatoms. The molecule has 1 unspecified atom stereocenters. The smallest absolute Gasteiger partial charge is 0.296 e. The maximum Gasteiger partial charge on any atom is 0.296 e. The number of Topliss-reactive ketones (excluding diaryl/α,β-unsaturated/α-hetero) is 1. The molecule has 0 spiro atoms. The van der Waals surface area contributed by atoms with Crippen molar-refractivity contribution < 1.29 is 14.7 Å². The number of amides is 1. The van der Waals surface area contributed by atoms with Gasteiger partial charge in [0.2, 0.25) is 10.9 Å². The van der Waals surface area contributed by atoms with Crippen molar-refractivity contribution in [3.63, 3.8) is 0 Å². The van der Waals surface area contributed by atoms with Gasteiger partial charge >= 0.3 is 0 Å². The van der Waals surface area contributed by atoms with Gasteiger partial charge in [-0.25, -0.2) is 0 Å². The maximum atomic E-state index is 13.1. The largest absolute Gasteiger partial charge is 0.503 e. The van der Waals surface area contributed by atoms with E-state index in [2.05, 4.69) is 10.2 Å². The molecule has 0 bridgehead atoms. The van der Waals surface area contributed by atoms with Gasteiger partial charge in [0.15, 0.2) is 5.76 Å². The van der Waals surface area contributed by atoms with Crippen LogP contribution >= 0.6 is 34.3 Å². The normalized spacial score (nSPS) is 17.0. The van der Waals surface area contributed by atoms with Crippen LogP contribution in [0.15, 0.2) is 53.1 Å². The van der Waals surface area contributed by atoms with E-state index in [0.29, 0.717) is 25.6 Å². The van der Waals surface area contributed by atoms with Crippen molar-refractivity contribution in [1.29, 1.82) is 0 Å². The van der Waals surface area contributed by atoms with Crippen LogP contribution in [0.2, 0.25) is 5.02 Å². The molecule has 3 heterocycles. The standard InChI is InChI=1S/C18H12ClN3O3S2/c1-9-20-21-18(27-9)22-14(10-4-6-11(19)7-5-10)13(16(24)17(22)25)15(23)12-3-2-8-26-12/h2-8,14,24H,1H3. The Morgan fingerprint density at radius 2 is 1.96 bits per heavy atom. The molecule has 1 aromatic carbocycles. The first-order chi connectivity index (χ1) is 13.0. The summed E-state index contributed by atoms with van der Waals surface area (Å²) in [6.07, 6.45) is 0. The van der Waals surface area contributed by atoms with Crippen molar-refractivity contribution in [2.24, 2.45) is 0 Å². The molecule has 2 aromatic heterocycles. The van der Waals surface area contributed by atoms with E-state index >= 15 is 0 Å². The van der Waals surface area contributed by atoms with E-state index in [4.69, 9.17) is 11.6 Å². The molecule has 0 radical (unpaired) electrons. The summed E-state index contributed by atoms with van der Waals surface area (Å²) in [6, 6.07) is 9.39. The van der Waals surface area contributed by atoms with Crippen molar-refractivity contribution in [1.82, 2.24) is 10.2 Å². The van der Waals surface area contributed by atoms with Gasteiger partial charge in [-0.3, -0.25) is 14.5 Å². The van der Waals surface area contributed by atoms with Crippen molar-refractivity contribution >= 4 is 51.1 Å². The van der Waals surface area contributed by atoms with Crippen LogP contribution in [0.3, 0.4) is 0 Å². The molecule has 1 aliphatic heterocycles. The number of aryl methyl sites for hydroxylation is 1. The predicted octanol–water partition coefficient (Wildman–Crippen LogP) is 4.34. The molecular weight excluding hydrogens is 406 g/mol. The molecule has 3 aromatic rings. The molecule has 1 atom stereocenters. The summed E-state index contributed by atoms with van der Waals surface area (Å²) in [6.45, 7) is 1.77. The number of aliphatic hydroxyl groups excluding tert-OH is 1. The lowest BCUT2D eigenvalue weighted by atomic mass is 9.95. The number of aromatic nitrogens is 2. The fourth-order valence-corrected chi connectivity index (χ4v) is 4.44. The van der Waals surface area contributed by atoms with Gasteiger partial charge in [0, 0.05) is 5.02 Å². The third kappa shape index (κ3) is 3.05. The number of carbonyl (C=O) groups is 2. The molecule has 1 N–H and O–H groups in total. The van der Waals surface area contributed by atoms with Gasteiger partial charge in [0.1, 0.15) is 5.01 Å². The SMILES string of the molecule is Cc1nnc(N2C(=O)C(O)=C(C(=O)c3cccs3)C2c2ccc(Cl)cc2)s1. The van der Waals surface area contributed by atoms with Crippen LogP contribution in [0.4, 0.5) is 5.13 Å². The van der Waals surface area contributed by atoms with E-state index in [1.165, 1.54) is 27.6 Å². The number of thiophene rings is 1. The zero-order chi connectivity index (χ0) is 19.1. The van der Waals surface area contributed by atoms with Crippen LogP contribution in [-0.4, -0.2) is 27.0 Å². The summed E-state index contributed by atoms with van der Waals surface area (Å²) in [5, 5.41) is 21.8. The molecule has 6 nitrogen and oxygen atoms in total. The topological polar surface area (TPSA) is 83.4 Å². The highest BCUT2D eigenvalue weighted by atomic mass is 35.5. The van der Waals surface area contributed by atoms with Crippen molar-refractivity contribution in [3.05, 3.63) is 73.6 Å². The Labute approximate surface area is 167 Å². The minimum Gasteiger partial charge on any atom is -0.503 e. The molecule has 4 rings (SSSR count). The molecule has 1 aliphatic rings. The van der Waals surface area contributed by atoms with Crippen LogP contribution < -0.4 is 4.90 Å². The summed E-state index contributed by atoms with van der Waals surface area (Å²) >= 11 is 8.45. The second-order valence-corrected chi connectivity index (χ2v) is 8.35. The zero-order valence-electron chi connectivity index (χ0n) is 13.9. The highest BCUT2D eigenvalue weighted by molar-refractivity contribution is 7.15. The van der Waals surface area contributed by atoms with Gasteiger partial charge in [-0.15, -0.1) is 21.5 Å². The van der Waals surface area contributed by atoms with E-state index in [-0.39, 0.29) is 11.4 Å². The summed E-state index contributed by atoms with van der Waals surface area (Å²) in [5.74, 6) is -1.63. The fraction of sp³-hybridized carbons (Fsp3) is 0.111. The van der Waals surface area contributed by atoms with Gasteiger partial charge in [-0.1, -0.05) is 41.1 Å². The number of halogens is 1. The average molecular weight is 418 g/mol. The van der Waals surface area contributed by atoms with Crippen LogP contribution in [0.25, 0.3) is 0 Å². The quantitative estimate of drug-likeness (QED) is 0.638. The lowest BCUT2D eigenvalue weighted by Crippen LogP contribution is -2.31. The van der Waals surface area contributed by atoms with Crippen LogP contribution in [0.1, 0.15) is 26.3 Å². The number of nitrogens with zero attached hydrogens (tertiary/aromatic N) is 3. The number of ketones is 1. The number of hydrogen-bond acceptors (Lipinski definition) is 7. The van der Waals surface area contributed by atoms with E-state index in [0.717, 1.165) is 0 Å². The molecule has 136 valence electrons. The summed E-state index contributed by atoms with van der Waals surface area (Å²) in [4.78, 5) is 27.6. The fourth-order valence-electron chi connectivity index (χ4n) is 2.92. The number of anilines is 1. The molecule has 27 heavy (non-hydrogen) atoms. The van der Waals surface area contributed by atoms with Gasteiger partial charge in [-0.2, -0.15) is 0 Å². The minimum absolute atomic E-state index is 0.0256. The summed E-state index contributed by atoms with van der Waals surface area (Å²) in [7, 11) is 0. The highest BCUT2D eigenvalue weighted by Crippen LogP contribution is 2.43. The Balaban J connectivity index is 1.88. The molecule has 0 saturated heterocycles. The third-order valence-corrected chi connectivity index (χ3v) is 6.06. The Morgan fingerprint density at radius 3 is 2.56 bits per heavy atom. The van der Waals surface area contributed by atoms with Gasteiger partial charge < -0.3 is 5.11 Å². The Hall–Kier alpha value is -2.55. The Morgan fingerprint density at radius 1 is 1.22 bits per heavy atom. The van der Waals surface area contributed by atoms with E-state index in [1.807, 2.05) is 0 Å². The Kier molecular flexibility index (Phi) is 4.55. The first kappa shape index (κ1) is 17.8. The van der Waals surface area contributed by atoms with Crippen molar-refractivity contribution in [3.8, 4) is 0 Å². The number of benzene rings is 1. The van der Waals surface area contributed by atoms with E-state index < -0.39 is 17.7 Å². The first-order valence-corrected chi connectivity index (χ1v) is 9.95. The number of carbonyl (C=O) groups excluding carboxylic acids is 2. The molecular formula is C18H12ClN3O3S2.